The molecule has 0 unspecified atom stereocenters. The number of aliphatic hydroxyl groups excluding tert-OH is 1. The first-order valence-electron chi connectivity index (χ1n) is 4.28. The summed E-state index contributed by atoms with van der Waals surface area (Å²) in [4.78, 5) is 0. The first-order chi connectivity index (χ1) is 6.24. The van der Waals surface area contributed by atoms with Gasteiger partial charge in [0.1, 0.15) is 0 Å². The van der Waals surface area contributed by atoms with Crippen molar-refractivity contribution in [3.8, 4) is 0 Å². The quantitative estimate of drug-likeness (QED) is 0.733. The molecule has 1 atom stereocenters. The fourth-order valence-corrected chi connectivity index (χ4v) is 1.35. The minimum atomic E-state index is -0.434. The topological polar surface area (TPSA) is 20.2 Å². The lowest BCUT2D eigenvalue weighted by molar-refractivity contribution is 0.169. The highest BCUT2D eigenvalue weighted by atomic mass is 35.5. The van der Waals surface area contributed by atoms with Gasteiger partial charge in [0.05, 0.1) is 6.10 Å². The lowest BCUT2D eigenvalue weighted by Gasteiger charge is -2.09. The van der Waals surface area contributed by atoms with E-state index in [4.69, 9.17) is 11.6 Å². The molecule has 0 heterocycles. The van der Waals surface area contributed by atoms with E-state index in [0.29, 0.717) is 11.4 Å². The van der Waals surface area contributed by atoms with E-state index in [2.05, 4.69) is 6.58 Å². The van der Waals surface area contributed by atoms with E-state index in [0.717, 1.165) is 12.0 Å². The summed E-state index contributed by atoms with van der Waals surface area (Å²) in [6.45, 7) is 3.61. The van der Waals surface area contributed by atoms with Gasteiger partial charge in [0, 0.05) is 5.02 Å². The molecule has 13 heavy (non-hydrogen) atoms. The zero-order valence-corrected chi connectivity index (χ0v) is 8.17. The second-order valence-electron chi connectivity index (χ2n) is 2.94. The predicted molar refractivity (Wildman–Crippen MR) is 55.8 cm³/mol. The highest BCUT2D eigenvalue weighted by Gasteiger charge is 2.05. The number of benzene rings is 1. The lowest BCUT2D eigenvalue weighted by atomic mass is 10.1. The number of aliphatic hydroxyl groups is 1. The summed E-state index contributed by atoms with van der Waals surface area (Å²) in [5, 5.41) is 10.3. The van der Waals surface area contributed by atoms with Crippen molar-refractivity contribution in [2.75, 3.05) is 0 Å². The maximum Gasteiger partial charge on any atom is 0.0793 e. The van der Waals surface area contributed by atoms with Crippen molar-refractivity contribution in [2.45, 2.75) is 18.9 Å². The monoisotopic (exact) mass is 196 g/mol. The Morgan fingerprint density at radius 1 is 1.54 bits per heavy atom. The average molecular weight is 197 g/mol. The molecule has 0 amide bonds. The lowest BCUT2D eigenvalue weighted by Crippen LogP contribution is -1.95. The summed E-state index contributed by atoms with van der Waals surface area (Å²) in [5.74, 6) is 0. The van der Waals surface area contributed by atoms with E-state index in [1.165, 1.54) is 0 Å². The van der Waals surface area contributed by atoms with Crippen LogP contribution in [0.4, 0.5) is 0 Å². The summed E-state index contributed by atoms with van der Waals surface area (Å²) in [5.41, 5.74) is 0.870. The van der Waals surface area contributed by atoms with Crippen molar-refractivity contribution in [1.82, 2.24) is 0 Å². The van der Waals surface area contributed by atoms with Crippen molar-refractivity contribution in [2.24, 2.45) is 0 Å². The van der Waals surface area contributed by atoms with Crippen LogP contribution in [0.15, 0.2) is 36.9 Å². The van der Waals surface area contributed by atoms with Crippen molar-refractivity contribution < 1.29 is 5.11 Å². The van der Waals surface area contributed by atoms with Gasteiger partial charge in [-0.05, 0) is 30.5 Å². The molecule has 1 nitrogen and oxygen atoms in total. The third-order valence-corrected chi connectivity index (χ3v) is 2.11. The average Bonchev–Trinajstić information content (AvgIpc) is 2.14. The zero-order valence-electron chi connectivity index (χ0n) is 7.41. The van der Waals surface area contributed by atoms with Crippen LogP contribution in [0, 0.1) is 0 Å². The van der Waals surface area contributed by atoms with Crippen LogP contribution in [0.2, 0.25) is 5.02 Å². The van der Waals surface area contributed by atoms with E-state index < -0.39 is 6.10 Å². The number of hydrogen-bond donors (Lipinski definition) is 1. The molecule has 0 saturated carbocycles. The number of rotatable bonds is 4. The van der Waals surface area contributed by atoms with E-state index in [-0.39, 0.29) is 0 Å². The first kappa shape index (κ1) is 10.3. The SMILES string of the molecule is C=CCC[C@H](O)c1cccc(Cl)c1. The Kier molecular flexibility index (Phi) is 4.00. The van der Waals surface area contributed by atoms with Crippen LogP contribution in [-0.2, 0) is 0 Å². The Hall–Kier alpha value is -0.790. The predicted octanol–water partition coefficient (Wildman–Crippen LogP) is 3.34. The molecule has 0 aliphatic rings. The maximum atomic E-state index is 9.67. The van der Waals surface area contributed by atoms with Gasteiger partial charge >= 0.3 is 0 Å². The van der Waals surface area contributed by atoms with Crippen LogP contribution >= 0.6 is 11.6 Å². The molecular weight excluding hydrogens is 184 g/mol. The van der Waals surface area contributed by atoms with Crippen molar-refractivity contribution in [3.63, 3.8) is 0 Å². The molecule has 0 aliphatic carbocycles. The van der Waals surface area contributed by atoms with Crippen molar-refractivity contribution >= 4 is 11.6 Å². The van der Waals surface area contributed by atoms with Gasteiger partial charge in [-0.3, -0.25) is 0 Å². The molecule has 0 bridgehead atoms. The molecule has 2 heteroatoms. The highest BCUT2D eigenvalue weighted by Crippen LogP contribution is 2.21. The largest absolute Gasteiger partial charge is 0.388 e. The number of halogens is 1. The van der Waals surface area contributed by atoms with E-state index >= 15 is 0 Å². The molecule has 1 aromatic carbocycles. The van der Waals surface area contributed by atoms with E-state index in [9.17, 15) is 5.11 Å². The Morgan fingerprint density at radius 3 is 2.92 bits per heavy atom. The molecule has 0 radical (unpaired) electrons. The summed E-state index contributed by atoms with van der Waals surface area (Å²) in [6, 6.07) is 7.30. The molecule has 1 aromatic rings. The Balaban J connectivity index is 2.65. The number of allylic oxidation sites excluding steroid dienone is 1. The Bertz CT molecular complexity index is 283. The Morgan fingerprint density at radius 2 is 2.31 bits per heavy atom. The zero-order chi connectivity index (χ0) is 9.68. The van der Waals surface area contributed by atoms with Crippen LogP contribution < -0.4 is 0 Å². The van der Waals surface area contributed by atoms with Crippen molar-refractivity contribution in [1.29, 1.82) is 0 Å². The van der Waals surface area contributed by atoms with Crippen molar-refractivity contribution in [3.05, 3.63) is 47.5 Å². The molecule has 0 spiro atoms. The smallest absolute Gasteiger partial charge is 0.0793 e. The number of hydrogen-bond acceptors (Lipinski definition) is 1. The third kappa shape index (κ3) is 3.21. The van der Waals surface area contributed by atoms with Gasteiger partial charge in [0.2, 0.25) is 0 Å². The molecule has 0 aromatic heterocycles. The van der Waals surface area contributed by atoms with Gasteiger partial charge in [-0.15, -0.1) is 6.58 Å². The maximum absolute atomic E-state index is 9.67. The summed E-state index contributed by atoms with van der Waals surface area (Å²) < 4.78 is 0. The summed E-state index contributed by atoms with van der Waals surface area (Å²) in [7, 11) is 0. The van der Waals surface area contributed by atoms with Gasteiger partial charge in [-0.2, -0.15) is 0 Å². The van der Waals surface area contributed by atoms with Gasteiger partial charge in [0.15, 0.2) is 0 Å². The van der Waals surface area contributed by atoms with Crippen LogP contribution in [0.5, 0.6) is 0 Å². The van der Waals surface area contributed by atoms with E-state index in [1.54, 1.807) is 18.2 Å². The first-order valence-corrected chi connectivity index (χ1v) is 4.66. The van der Waals surface area contributed by atoms with E-state index in [1.807, 2.05) is 12.1 Å². The molecule has 1 N–H and O–H groups in total. The second kappa shape index (κ2) is 5.05. The molecule has 1 rings (SSSR count). The highest BCUT2D eigenvalue weighted by molar-refractivity contribution is 6.30. The molecule has 0 fully saturated rings. The summed E-state index contributed by atoms with van der Waals surface area (Å²) in [6.07, 6.45) is 2.88. The van der Waals surface area contributed by atoms with Crippen LogP contribution in [0.1, 0.15) is 24.5 Å². The Labute approximate surface area is 83.7 Å². The van der Waals surface area contributed by atoms with Crippen LogP contribution in [0.25, 0.3) is 0 Å². The van der Waals surface area contributed by atoms with Gasteiger partial charge in [0.25, 0.3) is 0 Å². The molecule has 0 saturated heterocycles. The molecular formula is C11H13ClO. The molecule has 0 aliphatic heterocycles. The fraction of sp³-hybridized carbons (Fsp3) is 0.273. The van der Waals surface area contributed by atoms with Gasteiger partial charge < -0.3 is 5.11 Å². The standard InChI is InChI=1S/C11H13ClO/c1-2-3-7-11(13)9-5-4-6-10(12)8-9/h2,4-6,8,11,13H,1,3,7H2/t11-/m0/s1. The van der Waals surface area contributed by atoms with Crippen LogP contribution in [-0.4, -0.2) is 5.11 Å². The fourth-order valence-electron chi connectivity index (χ4n) is 1.16. The minimum Gasteiger partial charge on any atom is -0.388 e. The minimum absolute atomic E-state index is 0.434. The third-order valence-electron chi connectivity index (χ3n) is 1.88. The van der Waals surface area contributed by atoms with Gasteiger partial charge in [-0.1, -0.05) is 29.8 Å². The van der Waals surface area contributed by atoms with Gasteiger partial charge in [-0.25, -0.2) is 0 Å². The second-order valence-corrected chi connectivity index (χ2v) is 3.37. The molecule has 70 valence electrons. The van der Waals surface area contributed by atoms with Crippen LogP contribution in [0.3, 0.4) is 0 Å². The summed E-state index contributed by atoms with van der Waals surface area (Å²) >= 11 is 5.79. The normalized spacial score (nSPS) is 12.5.